The van der Waals surface area contributed by atoms with Crippen molar-refractivity contribution in [3.63, 3.8) is 0 Å². The second kappa shape index (κ2) is 7.05. The van der Waals surface area contributed by atoms with Crippen LogP contribution >= 0.6 is 0 Å². The van der Waals surface area contributed by atoms with E-state index < -0.39 is 0 Å². The molecule has 0 saturated carbocycles. The molecule has 0 atom stereocenters. The summed E-state index contributed by atoms with van der Waals surface area (Å²) >= 11 is 0. The summed E-state index contributed by atoms with van der Waals surface area (Å²) in [4.78, 5) is 22.6. The summed E-state index contributed by atoms with van der Waals surface area (Å²) in [5.41, 5.74) is 1.45. The zero-order chi connectivity index (χ0) is 15.2. The van der Waals surface area contributed by atoms with Crippen molar-refractivity contribution in [3.8, 4) is 0 Å². The molecule has 5 nitrogen and oxygen atoms in total. The van der Waals surface area contributed by atoms with Gasteiger partial charge in [0.05, 0.1) is 0 Å². The molecule has 0 aromatic heterocycles. The lowest BCUT2D eigenvalue weighted by molar-refractivity contribution is -0.116. The van der Waals surface area contributed by atoms with Crippen LogP contribution in [0.4, 0.5) is 11.4 Å². The molecule has 1 aromatic carbocycles. The minimum atomic E-state index is -0.116. The van der Waals surface area contributed by atoms with Crippen molar-refractivity contribution in [2.24, 2.45) is 0 Å². The molecule has 0 fully saturated rings. The van der Waals surface area contributed by atoms with Crippen LogP contribution in [0.15, 0.2) is 24.3 Å². The monoisotopic (exact) mass is 277 g/mol. The molecule has 0 aliphatic carbocycles. The summed E-state index contributed by atoms with van der Waals surface area (Å²) in [6.45, 7) is 8.28. The second-order valence-electron chi connectivity index (χ2n) is 5.73. The van der Waals surface area contributed by atoms with E-state index in [4.69, 9.17) is 0 Å². The predicted molar refractivity (Wildman–Crippen MR) is 81.7 cm³/mol. The van der Waals surface area contributed by atoms with Crippen molar-refractivity contribution in [3.05, 3.63) is 24.3 Å². The average molecular weight is 277 g/mol. The van der Waals surface area contributed by atoms with Crippen LogP contribution in [0.3, 0.4) is 0 Å². The molecular weight excluding hydrogens is 254 g/mol. The second-order valence-corrected chi connectivity index (χ2v) is 5.73. The fraction of sp³-hybridized carbons (Fsp3) is 0.467. The molecule has 20 heavy (non-hydrogen) atoms. The van der Waals surface area contributed by atoms with Crippen molar-refractivity contribution in [1.29, 1.82) is 0 Å². The molecule has 0 heterocycles. The number of anilines is 2. The van der Waals surface area contributed by atoms with Crippen LogP contribution in [0.5, 0.6) is 0 Å². The molecule has 0 bridgehead atoms. The maximum absolute atomic E-state index is 11.7. The molecule has 0 unspecified atom stereocenters. The lowest BCUT2D eigenvalue weighted by Gasteiger charge is -2.20. The molecule has 0 spiro atoms. The summed E-state index contributed by atoms with van der Waals surface area (Å²) in [7, 11) is 0. The van der Waals surface area contributed by atoms with Crippen LogP contribution in [0, 0.1) is 0 Å². The molecule has 0 aliphatic rings. The summed E-state index contributed by atoms with van der Waals surface area (Å²) in [6.07, 6.45) is 0.421. The first-order valence-corrected chi connectivity index (χ1v) is 6.69. The van der Waals surface area contributed by atoms with E-state index in [0.717, 1.165) is 5.69 Å². The van der Waals surface area contributed by atoms with Crippen LogP contribution < -0.4 is 16.0 Å². The fourth-order valence-electron chi connectivity index (χ4n) is 1.61. The standard InChI is InChI=1S/C15H23N3O2/c1-11(19)17-12-5-7-13(8-6-12)18-14(20)9-10-16-15(2,3)4/h5-8,16H,9-10H2,1-4H3,(H,17,19)(H,18,20). The highest BCUT2D eigenvalue weighted by Gasteiger charge is 2.09. The quantitative estimate of drug-likeness (QED) is 0.774. The highest BCUT2D eigenvalue weighted by atomic mass is 16.2. The van der Waals surface area contributed by atoms with Crippen LogP contribution in [-0.2, 0) is 9.59 Å². The molecule has 3 N–H and O–H groups in total. The van der Waals surface area contributed by atoms with E-state index in [0.29, 0.717) is 18.7 Å². The first-order chi connectivity index (χ1) is 9.26. The van der Waals surface area contributed by atoms with Gasteiger partial charge in [-0.3, -0.25) is 9.59 Å². The highest BCUT2D eigenvalue weighted by molar-refractivity contribution is 5.92. The molecule has 0 radical (unpaired) electrons. The Morgan fingerprint density at radius 1 is 1.00 bits per heavy atom. The predicted octanol–water partition coefficient (Wildman–Crippen LogP) is 2.36. The van der Waals surface area contributed by atoms with Crippen LogP contribution in [0.1, 0.15) is 34.1 Å². The number of hydrogen-bond acceptors (Lipinski definition) is 3. The lowest BCUT2D eigenvalue weighted by Crippen LogP contribution is -2.37. The van der Waals surface area contributed by atoms with Crippen molar-refractivity contribution in [1.82, 2.24) is 5.32 Å². The third kappa shape index (κ3) is 6.89. The number of carbonyl (C=O) groups excluding carboxylic acids is 2. The summed E-state index contributed by atoms with van der Waals surface area (Å²) < 4.78 is 0. The number of nitrogens with one attached hydrogen (secondary N) is 3. The molecule has 0 saturated heterocycles. The van der Waals surface area contributed by atoms with Gasteiger partial charge in [-0.1, -0.05) is 0 Å². The van der Waals surface area contributed by atoms with Gasteiger partial charge in [-0.05, 0) is 45.0 Å². The summed E-state index contributed by atoms with van der Waals surface area (Å²) in [5, 5.41) is 8.75. The Morgan fingerprint density at radius 3 is 1.95 bits per heavy atom. The maximum Gasteiger partial charge on any atom is 0.225 e. The highest BCUT2D eigenvalue weighted by Crippen LogP contribution is 2.13. The Bertz CT molecular complexity index is 461. The third-order valence-corrected chi connectivity index (χ3v) is 2.50. The van der Waals surface area contributed by atoms with Crippen molar-refractivity contribution < 1.29 is 9.59 Å². The Morgan fingerprint density at radius 2 is 1.50 bits per heavy atom. The van der Waals surface area contributed by atoms with E-state index in [-0.39, 0.29) is 17.4 Å². The number of carbonyl (C=O) groups is 2. The number of rotatable bonds is 5. The summed E-state index contributed by atoms with van der Waals surface area (Å²) in [5.74, 6) is -0.149. The minimum Gasteiger partial charge on any atom is -0.326 e. The van der Waals surface area contributed by atoms with E-state index >= 15 is 0 Å². The zero-order valence-electron chi connectivity index (χ0n) is 12.5. The van der Waals surface area contributed by atoms with Crippen LogP contribution in [0.2, 0.25) is 0 Å². The SMILES string of the molecule is CC(=O)Nc1ccc(NC(=O)CCNC(C)(C)C)cc1. The lowest BCUT2D eigenvalue weighted by atomic mass is 10.1. The van der Waals surface area contributed by atoms with E-state index in [1.807, 2.05) is 0 Å². The topological polar surface area (TPSA) is 70.2 Å². The van der Waals surface area contributed by atoms with Gasteiger partial charge < -0.3 is 16.0 Å². The van der Waals surface area contributed by atoms with E-state index in [1.54, 1.807) is 24.3 Å². The fourth-order valence-corrected chi connectivity index (χ4v) is 1.61. The average Bonchev–Trinajstić information content (AvgIpc) is 2.29. The van der Waals surface area contributed by atoms with Gasteiger partial charge in [0.1, 0.15) is 0 Å². The number of amides is 2. The van der Waals surface area contributed by atoms with Crippen LogP contribution in [0.25, 0.3) is 0 Å². The molecule has 110 valence electrons. The van der Waals surface area contributed by atoms with Gasteiger partial charge in [-0.2, -0.15) is 0 Å². The smallest absolute Gasteiger partial charge is 0.225 e. The normalized spacial score (nSPS) is 11.0. The van der Waals surface area contributed by atoms with Crippen molar-refractivity contribution in [2.75, 3.05) is 17.2 Å². The van der Waals surface area contributed by atoms with Crippen molar-refractivity contribution in [2.45, 2.75) is 39.7 Å². The number of benzene rings is 1. The van der Waals surface area contributed by atoms with Crippen molar-refractivity contribution >= 4 is 23.2 Å². The first-order valence-electron chi connectivity index (χ1n) is 6.69. The Labute approximate surface area is 120 Å². The third-order valence-electron chi connectivity index (χ3n) is 2.50. The number of hydrogen-bond donors (Lipinski definition) is 3. The van der Waals surface area contributed by atoms with Gasteiger partial charge >= 0.3 is 0 Å². The van der Waals surface area contributed by atoms with Gasteiger partial charge in [-0.15, -0.1) is 0 Å². The molecule has 2 amide bonds. The van der Waals surface area contributed by atoms with Gasteiger partial charge in [-0.25, -0.2) is 0 Å². The van der Waals surface area contributed by atoms with E-state index in [1.165, 1.54) is 6.92 Å². The van der Waals surface area contributed by atoms with Gasteiger partial charge in [0.2, 0.25) is 11.8 Å². The van der Waals surface area contributed by atoms with Gasteiger partial charge in [0, 0.05) is 36.8 Å². The Hall–Kier alpha value is -1.88. The maximum atomic E-state index is 11.7. The van der Waals surface area contributed by atoms with Gasteiger partial charge in [0.25, 0.3) is 0 Å². The Balaban J connectivity index is 2.40. The molecule has 1 rings (SSSR count). The minimum absolute atomic E-state index is 0.0142. The van der Waals surface area contributed by atoms with E-state index in [9.17, 15) is 9.59 Å². The molecular formula is C15H23N3O2. The van der Waals surface area contributed by atoms with Crippen LogP contribution in [-0.4, -0.2) is 23.9 Å². The van der Waals surface area contributed by atoms with Gasteiger partial charge in [0.15, 0.2) is 0 Å². The first kappa shape index (κ1) is 16.2. The largest absolute Gasteiger partial charge is 0.326 e. The Kier molecular flexibility index (Phi) is 5.70. The summed E-state index contributed by atoms with van der Waals surface area (Å²) in [6, 6.07) is 7.04. The molecule has 5 heteroatoms. The molecule has 0 aliphatic heterocycles. The van der Waals surface area contributed by atoms with E-state index in [2.05, 4.69) is 36.7 Å². The zero-order valence-corrected chi connectivity index (χ0v) is 12.5. The molecule has 1 aromatic rings.